The van der Waals surface area contributed by atoms with Crippen molar-refractivity contribution in [2.75, 3.05) is 6.61 Å². The fraction of sp³-hybridized carbons (Fsp3) is 0.783. The maximum absolute atomic E-state index is 13.3. The molecule has 6 unspecified atom stereocenters. The lowest BCUT2D eigenvalue weighted by molar-refractivity contribution is -0.143. The van der Waals surface area contributed by atoms with Crippen molar-refractivity contribution in [1.82, 2.24) is 10.5 Å². The van der Waals surface area contributed by atoms with Crippen molar-refractivity contribution in [3.8, 4) is 5.88 Å². The summed E-state index contributed by atoms with van der Waals surface area (Å²) in [4.78, 5) is 25.2. The third kappa shape index (κ3) is 4.14. The van der Waals surface area contributed by atoms with Crippen LogP contribution in [0, 0.1) is 23.7 Å². The number of aliphatic carboxylic acids is 1. The van der Waals surface area contributed by atoms with Crippen LogP contribution in [0.5, 0.6) is 5.88 Å². The molecule has 1 heterocycles. The standard InChI is InChI=1S/C23H33N3O5S/c1-23(24,22(28)29)11-30-21-19(32-15-5-3-2-4-6-15)18(31-26-21)20(27)25-17-14-8-12-7-13(10-14)16(17)9-12/h12-17H,2-11,24H2,1H3,(H,25,27)(H,28,29). The van der Waals surface area contributed by atoms with E-state index in [0.29, 0.717) is 22.0 Å². The highest BCUT2D eigenvalue weighted by molar-refractivity contribution is 8.00. The van der Waals surface area contributed by atoms with E-state index in [4.69, 9.17) is 15.0 Å². The van der Waals surface area contributed by atoms with E-state index in [1.807, 2.05) is 0 Å². The van der Waals surface area contributed by atoms with Crippen molar-refractivity contribution in [3.63, 3.8) is 0 Å². The number of nitrogens with zero attached hydrogens (tertiary/aromatic N) is 1. The molecule has 6 rings (SSSR count). The number of carboxylic acids is 1. The highest BCUT2D eigenvalue weighted by atomic mass is 32.2. The van der Waals surface area contributed by atoms with E-state index in [1.165, 1.54) is 39.0 Å². The first-order valence-electron chi connectivity index (χ1n) is 11.9. The van der Waals surface area contributed by atoms with Gasteiger partial charge in [0.15, 0.2) is 0 Å². The molecule has 5 aliphatic carbocycles. The summed E-state index contributed by atoms with van der Waals surface area (Å²) in [5.74, 6) is 1.71. The molecule has 5 fully saturated rings. The van der Waals surface area contributed by atoms with E-state index < -0.39 is 11.5 Å². The first kappa shape index (κ1) is 22.1. The number of rotatable bonds is 8. The number of nitrogens with one attached hydrogen (secondary N) is 1. The summed E-state index contributed by atoms with van der Waals surface area (Å²) in [6.45, 7) is 1.13. The molecule has 8 nitrogen and oxygen atoms in total. The zero-order valence-corrected chi connectivity index (χ0v) is 19.4. The Kier molecular flexibility index (Phi) is 5.90. The van der Waals surface area contributed by atoms with Gasteiger partial charge in [-0.25, -0.2) is 0 Å². The molecule has 1 aromatic rings. The number of thioether (sulfide) groups is 1. The molecular weight excluding hydrogens is 430 g/mol. The maximum atomic E-state index is 13.3. The van der Waals surface area contributed by atoms with Crippen LogP contribution in [0.3, 0.4) is 0 Å². The van der Waals surface area contributed by atoms with Gasteiger partial charge in [-0.1, -0.05) is 19.3 Å². The number of hydrogen-bond donors (Lipinski definition) is 3. The fourth-order valence-electron chi connectivity index (χ4n) is 6.41. The van der Waals surface area contributed by atoms with E-state index in [2.05, 4.69) is 10.5 Å². The van der Waals surface area contributed by atoms with Crippen LogP contribution < -0.4 is 15.8 Å². The predicted octanol–water partition coefficient (Wildman–Crippen LogP) is 3.44. The van der Waals surface area contributed by atoms with Crippen molar-refractivity contribution in [2.45, 2.75) is 86.4 Å². The van der Waals surface area contributed by atoms with Gasteiger partial charge < -0.3 is 25.4 Å². The molecule has 1 amide bonds. The largest absolute Gasteiger partial charge is 0.480 e. The summed E-state index contributed by atoms with van der Waals surface area (Å²) < 4.78 is 11.2. The lowest BCUT2D eigenvalue weighted by Crippen LogP contribution is -2.50. The van der Waals surface area contributed by atoms with Gasteiger partial charge in [-0.05, 0) is 74.3 Å². The number of carboxylic acid groups (broad SMARTS) is 1. The number of amides is 1. The molecule has 0 aromatic carbocycles. The lowest BCUT2D eigenvalue weighted by atomic mass is 9.79. The Hall–Kier alpha value is -1.74. The Bertz CT molecular complexity index is 877. The van der Waals surface area contributed by atoms with Crippen molar-refractivity contribution in [3.05, 3.63) is 5.76 Å². The summed E-state index contributed by atoms with van der Waals surface area (Å²) in [6, 6.07) is 0.215. The van der Waals surface area contributed by atoms with Crippen LogP contribution >= 0.6 is 11.8 Å². The van der Waals surface area contributed by atoms with E-state index >= 15 is 0 Å². The van der Waals surface area contributed by atoms with Gasteiger partial charge in [0, 0.05) is 11.3 Å². The fourth-order valence-corrected chi connectivity index (χ4v) is 7.75. The lowest BCUT2D eigenvalue weighted by Gasteiger charge is -2.32. The first-order valence-corrected chi connectivity index (χ1v) is 12.8. The monoisotopic (exact) mass is 463 g/mol. The normalized spacial score (nSPS) is 33.2. The SMILES string of the molecule is CC(N)(COc1noc(C(=O)NC2C3CC4CC(C3)C2C4)c1SC1CCCCC1)C(=O)O. The number of nitrogens with two attached hydrogens (primary N) is 1. The quantitative estimate of drug-likeness (QED) is 0.535. The summed E-state index contributed by atoms with van der Waals surface area (Å²) in [6.07, 6.45) is 10.7. The Labute approximate surface area is 192 Å². The average molecular weight is 464 g/mol. The number of aromatic nitrogens is 1. The van der Waals surface area contributed by atoms with Crippen LogP contribution in [-0.2, 0) is 4.79 Å². The minimum Gasteiger partial charge on any atom is -0.480 e. The second-order valence-corrected chi connectivity index (χ2v) is 11.8. The van der Waals surface area contributed by atoms with Crippen LogP contribution in [-0.4, -0.2) is 45.6 Å². The zero-order valence-electron chi connectivity index (χ0n) is 18.5. The topological polar surface area (TPSA) is 128 Å². The molecule has 6 atom stereocenters. The van der Waals surface area contributed by atoms with Gasteiger partial charge in [-0.2, -0.15) is 0 Å². The summed E-state index contributed by atoms with van der Waals surface area (Å²) >= 11 is 1.57. The van der Waals surface area contributed by atoms with E-state index in [9.17, 15) is 14.7 Å². The second kappa shape index (κ2) is 8.56. The second-order valence-electron chi connectivity index (χ2n) is 10.5. The summed E-state index contributed by atoms with van der Waals surface area (Å²) in [5, 5.41) is 16.9. The van der Waals surface area contributed by atoms with E-state index in [0.717, 1.165) is 37.5 Å². The van der Waals surface area contributed by atoms with Gasteiger partial charge in [-0.3, -0.25) is 9.59 Å². The third-order valence-corrected chi connectivity index (χ3v) is 9.42. The molecule has 5 aliphatic rings. The zero-order chi connectivity index (χ0) is 22.5. The summed E-state index contributed by atoms with van der Waals surface area (Å²) in [5.41, 5.74) is 4.26. The Morgan fingerprint density at radius 1 is 1.22 bits per heavy atom. The average Bonchev–Trinajstić information content (AvgIpc) is 3.36. The Morgan fingerprint density at radius 2 is 1.97 bits per heavy atom. The molecular formula is C23H33N3O5S. The minimum absolute atomic E-state index is 0.164. The van der Waals surface area contributed by atoms with Crippen LogP contribution in [0.2, 0.25) is 0 Å². The van der Waals surface area contributed by atoms with Gasteiger partial charge in [0.2, 0.25) is 5.76 Å². The maximum Gasteiger partial charge on any atom is 0.326 e. The molecule has 0 spiro atoms. The molecule has 4 N–H and O–H groups in total. The smallest absolute Gasteiger partial charge is 0.326 e. The number of carbonyl (C=O) groups is 2. The van der Waals surface area contributed by atoms with Gasteiger partial charge in [0.05, 0.1) is 0 Å². The van der Waals surface area contributed by atoms with E-state index in [1.54, 1.807) is 11.8 Å². The van der Waals surface area contributed by atoms with Crippen molar-refractivity contribution < 1.29 is 24.0 Å². The molecule has 32 heavy (non-hydrogen) atoms. The van der Waals surface area contributed by atoms with Gasteiger partial charge in [0.1, 0.15) is 17.0 Å². The molecule has 5 saturated carbocycles. The molecule has 0 saturated heterocycles. The number of hydrogen-bond acceptors (Lipinski definition) is 7. The molecule has 0 aliphatic heterocycles. The van der Waals surface area contributed by atoms with Gasteiger partial charge in [-0.15, -0.1) is 11.8 Å². The highest BCUT2D eigenvalue weighted by Gasteiger charge is 2.54. The van der Waals surface area contributed by atoms with Crippen LogP contribution in [0.25, 0.3) is 0 Å². The number of ether oxygens (including phenoxy) is 1. The molecule has 0 radical (unpaired) electrons. The van der Waals surface area contributed by atoms with Crippen molar-refractivity contribution in [2.24, 2.45) is 29.4 Å². The van der Waals surface area contributed by atoms with Crippen LogP contribution in [0.1, 0.15) is 75.3 Å². The first-order chi connectivity index (χ1) is 15.3. The molecule has 9 heteroatoms. The van der Waals surface area contributed by atoms with Crippen molar-refractivity contribution in [1.29, 1.82) is 0 Å². The van der Waals surface area contributed by atoms with Gasteiger partial charge >= 0.3 is 5.97 Å². The highest BCUT2D eigenvalue weighted by Crippen LogP contribution is 2.58. The van der Waals surface area contributed by atoms with Crippen LogP contribution in [0.15, 0.2) is 9.42 Å². The molecule has 1 aromatic heterocycles. The van der Waals surface area contributed by atoms with Crippen molar-refractivity contribution >= 4 is 23.6 Å². The minimum atomic E-state index is -1.56. The van der Waals surface area contributed by atoms with Gasteiger partial charge in [0.25, 0.3) is 11.8 Å². The Balaban J connectivity index is 1.34. The third-order valence-electron chi connectivity index (χ3n) is 8.02. The molecule has 176 valence electrons. The predicted molar refractivity (Wildman–Crippen MR) is 119 cm³/mol. The summed E-state index contributed by atoms with van der Waals surface area (Å²) in [7, 11) is 0. The number of carbonyl (C=O) groups excluding carboxylic acids is 1. The molecule has 4 bridgehead atoms. The Morgan fingerprint density at radius 3 is 2.69 bits per heavy atom. The van der Waals surface area contributed by atoms with Crippen LogP contribution in [0.4, 0.5) is 0 Å². The van der Waals surface area contributed by atoms with E-state index in [-0.39, 0.29) is 30.2 Å².